The number of rotatable bonds is 3. The van der Waals surface area contributed by atoms with Gasteiger partial charge in [-0.15, -0.1) is 0 Å². The highest BCUT2D eigenvalue weighted by atomic mass is 16.6. The van der Waals surface area contributed by atoms with E-state index in [0.29, 0.717) is 5.56 Å². The summed E-state index contributed by atoms with van der Waals surface area (Å²) >= 11 is 0. The molecule has 0 aliphatic rings. The van der Waals surface area contributed by atoms with E-state index < -0.39 is 28.1 Å². The monoisotopic (exact) mass is 268 g/mol. The zero-order valence-corrected chi connectivity index (χ0v) is 11.2. The summed E-state index contributed by atoms with van der Waals surface area (Å²) in [5.74, 6) is -1.91. The summed E-state index contributed by atoms with van der Waals surface area (Å²) < 4.78 is 0. The zero-order chi connectivity index (χ0) is 15.2. The van der Waals surface area contributed by atoms with Gasteiger partial charge in [-0.2, -0.15) is 0 Å². The molecule has 0 saturated carbocycles. The number of nitrogens with one attached hydrogen (secondary N) is 1. The first-order valence-corrected chi connectivity index (χ1v) is 5.63. The Balaban J connectivity index is 0.00000154. The summed E-state index contributed by atoms with van der Waals surface area (Å²) in [4.78, 5) is 31.9. The number of nitro groups is 1. The molecule has 0 bridgehead atoms. The molecule has 0 atom stereocenters. The molecule has 0 aromatic heterocycles. The number of nitrogens with zero attached hydrogens (tertiary/aromatic N) is 1. The maximum Gasteiger partial charge on any atom is 0.342 e. The number of aromatic carboxylic acids is 1. The minimum atomic E-state index is -1.41. The number of benzene rings is 1. The first-order valence-electron chi connectivity index (χ1n) is 5.63. The van der Waals surface area contributed by atoms with Crippen molar-refractivity contribution in [2.24, 2.45) is 0 Å². The van der Waals surface area contributed by atoms with E-state index >= 15 is 0 Å². The zero-order valence-electron chi connectivity index (χ0n) is 11.2. The van der Waals surface area contributed by atoms with Crippen molar-refractivity contribution < 1.29 is 19.6 Å². The molecular formula is C12H16N2O5. The molecule has 0 unspecified atom stereocenters. The van der Waals surface area contributed by atoms with E-state index in [1.807, 2.05) is 13.8 Å². The molecule has 7 heteroatoms. The van der Waals surface area contributed by atoms with Crippen molar-refractivity contribution in [3.63, 3.8) is 0 Å². The topological polar surface area (TPSA) is 110 Å². The SMILES string of the molecule is CC.CC(=O)Nc1c(C)ccc(C(=O)O)c1[N+](=O)[O-]. The minimum Gasteiger partial charge on any atom is -0.477 e. The number of nitro benzene ring substituents is 1. The predicted molar refractivity (Wildman–Crippen MR) is 70.4 cm³/mol. The van der Waals surface area contributed by atoms with E-state index in [2.05, 4.69) is 5.32 Å². The number of hydrogen-bond acceptors (Lipinski definition) is 4. The van der Waals surface area contributed by atoms with Crippen molar-refractivity contribution in [1.29, 1.82) is 0 Å². The average Bonchev–Trinajstić information content (AvgIpc) is 2.32. The second-order valence-corrected chi connectivity index (χ2v) is 3.40. The Bertz CT molecular complexity index is 511. The van der Waals surface area contributed by atoms with Crippen LogP contribution in [0.3, 0.4) is 0 Å². The maximum absolute atomic E-state index is 10.9. The van der Waals surface area contributed by atoms with Crippen molar-refractivity contribution in [1.82, 2.24) is 0 Å². The van der Waals surface area contributed by atoms with Crippen LogP contribution in [0, 0.1) is 17.0 Å². The van der Waals surface area contributed by atoms with E-state index in [1.165, 1.54) is 13.0 Å². The van der Waals surface area contributed by atoms with Crippen molar-refractivity contribution >= 4 is 23.3 Å². The first kappa shape index (κ1) is 16.6. The molecule has 0 radical (unpaired) electrons. The van der Waals surface area contributed by atoms with Crippen LogP contribution >= 0.6 is 0 Å². The van der Waals surface area contributed by atoms with Gasteiger partial charge in [0.2, 0.25) is 5.91 Å². The molecule has 0 aliphatic heterocycles. The van der Waals surface area contributed by atoms with Crippen LogP contribution in [-0.2, 0) is 4.79 Å². The summed E-state index contributed by atoms with van der Waals surface area (Å²) in [5, 5.41) is 22.0. The molecule has 1 aromatic rings. The number of amides is 1. The van der Waals surface area contributed by atoms with Crippen LogP contribution in [-0.4, -0.2) is 21.9 Å². The van der Waals surface area contributed by atoms with Gasteiger partial charge in [-0.1, -0.05) is 19.9 Å². The lowest BCUT2D eigenvalue weighted by Gasteiger charge is -2.08. The molecule has 0 fully saturated rings. The summed E-state index contributed by atoms with van der Waals surface area (Å²) in [5.41, 5.74) is -0.712. The van der Waals surface area contributed by atoms with Crippen molar-refractivity contribution in [3.05, 3.63) is 33.4 Å². The average molecular weight is 268 g/mol. The van der Waals surface area contributed by atoms with Crippen molar-refractivity contribution in [2.45, 2.75) is 27.7 Å². The van der Waals surface area contributed by atoms with Crippen LogP contribution in [0.25, 0.3) is 0 Å². The smallest absolute Gasteiger partial charge is 0.342 e. The van der Waals surface area contributed by atoms with E-state index in [4.69, 9.17) is 5.11 Å². The van der Waals surface area contributed by atoms with Gasteiger partial charge in [0, 0.05) is 6.92 Å². The van der Waals surface area contributed by atoms with E-state index in [9.17, 15) is 19.7 Å². The van der Waals surface area contributed by atoms with Gasteiger partial charge in [-0.25, -0.2) is 4.79 Å². The van der Waals surface area contributed by atoms with Gasteiger partial charge < -0.3 is 10.4 Å². The summed E-state index contributed by atoms with van der Waals surface area (Å²) in [6.07, 6.45) is 0. The molecular weight excluding hydrogens is 252 g/mol. The fraction of sp³-hybridized carbons (Fsp3) is 0.333. The molecule has 19 heavy (non-hydrogen) atoms. The normalized spacial score (nSPS) is 9.05. The van der Waals surface area contributed by atoms with Crippen molar-refractivity contribution in [3.8, 4) is 0 Å². The van der Waals surface area contributed by atoms with Crippen LogP contribution in [0.1, 0.15) is 36.7 Å². The van der Waals surface area contributed by atoms with Gasteiger partial charge in [0.1, 0.15) is 11.3 Å². The summed E-state index contributed by atoms with van der Waals surface area (Å²) in [6, 6.07) is 2.54. The van der Waals surface area contributed by atoms with E-state index in [1.54, 1.807) is 6.92 Å². The maximum atomic E-state index is 10.9. The molecule has 0 aliphatic carbocycles. The standard InChI is InChI=1S/C10H10N2O5.C2H6/c1-5-3-4-7(10(14)15)9(12(16)17)8(5)11-6(2)13;1-2/h3-4H,1-2H3,(H,11,13)(H,14,15);1-2H3. The van der Waals surface area contributed by atoms with Gasteiger partial charge in [-0.05, 0) is 18.6 Å². The lowest BCUT2D eigenvalue weighted by molar-refractivity contribution is -0.384. The highest BCUT2D eigenvalue weighted by Gasteiger charge is 2.26. The Labute approximate surface area is 110 Å². The van der Waals surface area contributed by atoms with Crippen LogP contribution in [0.2, 0.25) is 0 Å². The van der Waals surface area contributed by atoms with Crippen LogP contribution in [0.5, 0.6) is 0 Å². The fourth-order valence-electron chi connectivity index (χ4n) is 1.39. The number of carbonyl (C=O) groups is 2. The molecule has 2 N–H and O–H groups in total. The molecule has 0 saturated heterocycles. The van der Waals surface area contributed by atoms with E-state index in [-0.39, 0.29) is 5.69 Å². The second kappa shape index (κ2) is 7.10. The Kier molecular flexibility index (Phi) is 6.19. The second-order valence-electron chi connectivity index (χ2n) is 3.40. The van der Waals surface area contributed by atoms with Gasteiger partial charge in [0.15, 0.2) is 0 Å². The molecule has 0 spiro atoms. The largest absolute Gasteiger partial charge is 0.477 e. The van der Waals surface area contributed by atoms with Gasteiger partial charge in [-0.3, -0.25) is 14.9 Å². The highest BCUT2D eigenvalue weighted by Crippen LogP contribution is 2.32. The van der Waals surface area contributed by atoms with Crippen LogP contribution < -0.4 is 5.32 Å². The Morgan fingerprint density at radius 2 is 1.84 bits per heavy atom. The van der Waals surface area contributed by atoms with Crippen LogP contribution in [0.4, 0.5) is 11.4 Å². The third-order valence-electron chi connectivity index (χ3n) is 2.10. The lowest BCUT2D eigenvalue weighted by Crippen LogP contribution is -2.12. The fourth-order valence-corrected chi connectivity index (χ4v) is 1.39. The number of carbonyl (C=O) groups excluding carboxylic acids is 1. The number of hydrogen-bond donors (Lipinski definition) is 2. The summed E-state index contributed by atoms with van der Waals surface area (Å²) in [7, 11) is 0. The quantitative estimate of drug-likeness (QED) is 0.646. The number of carboxylic acids is 1. The third kappa shape index (κ3) is 4.06. The summed E-state index contributed by atoms with van der Waals surface area (Å²) in [6.45, 7) is 6.74. The molecule has 1 amide bonds. The molecule has 0 heterocycles. The number of aryl methyl sites for hydroxylation is 1. The molecule has 104 valence electrons. The molecule has 1 rings (SSSR count). The highest BCUT2D eigenvalue weighted by molar-refractivity contribution is 6.00. The number of carboxylic acid groups (broad SMARTS) is 1. The molecule has 1 aromatic carbocycles. The molecule has 7 nitrogen and oxygen atoms in total. The van der Waals surface area contributed by atoms with E-state index in [0.717, 1.165) is 6.07 Å². The Morgan fingerprint density at radius 1 is 1.32 bits per heavy atom. The number of anilines is 1. The van der Waals surface area contributed by atoms with Gasteiger partial charge >= 0.3 is 11.7 Å². The van der Waals surface area contributed by atoms with Crippen LogP contribution in [0.15, 0.2) is 12.1 Å². The van der Waals surface area contributed by atoms with Gasteiger partial charge in [0.25, 0.3) is 0 Å². The lowest BCUT2D eigenvalue weighted by atomic mass is 10.1. The Morgan fingerprint density at radius 3 is 2.21 bits per heavy atom. The minimum absolute atomic E-state index is 0.0811. The third-order valence-corrected chi connectivity index (χ3v) is 2.10. The first-order chi connectivity index (χ1) is 8.84. The predicted octanol–water partition coefficient (Wildman–Crippen LogP) is 2.59. The Hall–Kier alpha value is -2.44. The van der Waals surface area contributed by atoms with Crippen molar-refractivity contribution in [2.75, 3.05) is 5.32 Å². The van der Waals surface area contributed by atoms with Gasteiger partial charge in [0.05, 0.1) is 4.92 Å².